The van der Waals surface area contributed by atoms with E-state index in [1.54, 1.807) is 28.9 Å². The molecule has 2 heterocycles. The maximum absolute atomic E-state index is 13.1. The zero-order chi connectivity index (χ0) is 19.7. The zero-order valence-corrected chi connectivity index (χ0v) is 15.9. The van der Waals surface area contributed by atoms with Crippen molar-refractivity contribution in [1.29, 1.82) is 0 Å². The number of nitrogens with one attached hydrogen (secondary N) is 1. The van der Waals surface area contributed by atoms with Gasteiger partial charge in [-0.25, -0.2) is 0 Å². The molecular formula is C22H22N4O2. The van der Waals surface area contributed by atoms with Gasteiger partial charge in [-0.05, 0) is 41.0 Å². The fraction of sp³-hybridized carbons (Fsp3) is 0.227. The number of carbonyl (C=O) groups is 2. The summed E-state index contributed by atoms with van der Waals surface area (Å²) in [4.78, 5) is 26.2. The predicted octanol–water partition coefficient (Wildman–Crippen LogP) is 3.17. The number of nitrogens with zero attached hydrogens (tertiary/aromatic N) is 3. The van der Waals surface area contributed by atoms with Crippen molar-refractivity contribution in [2.75, 3.05) is 11.9 Å². The third-order valence-electron chi connectivity index (χ3n) is 5.06. The number of hydrogen-bond donors (Lipinski definition) is 1. The first-order valence-corrected chi connectivity index (χ1v) is 9.24. The Labute approximate surface area is 163 Å². The average molecular weight is 374 g/mol. The molecule has 6 nitrogen and oxygen atoms in total. The summed E-state index contributed by atoms with van der Waals surface area (Å²) in [6, 6.07) is 15.3. The third-order valence-corrected chi connectivity index (χ3v) is 5.06. The van der Waals surface area contributed by atoms with Gasteiger partial charge in [0.25, 0.3) is 5.91 Å². The van der Waals surface area contributed by atoms with Crippen LogP contribution in [-0.4, -0.2) is 33.0 Å². The van der Waals surface area contributed by atoms with E-state index >= 15 is 0 Å². The summed E-state index contributed by atoms with van der Waals surface area (Å²) in [5, 5.41) is 7.03. The summed E-state index contributed by atoms with van der Waals surface area (Å²) in [5.41, 5.74) is 4.81. The first-order valence-electron chi connectivity index (χ1n) is 9.24. The Balaban J connectivity index is 1.61. The van der Waals surface area contributed by atoms with Gasteiger partial charge in [-0.15, -0.1) is 0 Å². The summed E-state index contributed by atoms with van der Waals surface area (Å²) in [6.07, 6.45) is 3.88. The first-order chi connectivity index (χ1) is 13.5. The molecule has 28 heavy (non-hydrogen) atoms. The fourth-order valence-electron chi connectivity index (χ4n) is 3.75. The molecule has 1 aliphatic heterocycles. The van der Waals surface area contributed by atoms with Crippen molar-refractivity contribution in [2.45, 2.75) is 19.4 Å². The van der Waals surface area contributed by atoms with Gasteiger partial charge in [-0.1, -0.05) is 24.3 Å². The van der Waals surface area contributed by atoms with Crippen molar-refractivity contribution < 1.29 is 9.59 Å². The maximum atomic E-state index is 13.1. The monoisotopic (exact) mass is 374 g/mol. The molecule has 3 aromatic rings. The van der Waals surface area contributed by atoms with Crippen LogP contribution in [0.4, 0.5) is 5.69 Å². The Bertz CT molecular complexity index is 1020. The number of aryl methyl sites for hydroxylation is 1. The number of amides is 2. The number of hydrogen-bond acceptors (Lipinski definition) is 3. The highest BCUT2D eigenvalue weighted by molar-refractivity contribution is 5.95. The molecule has 142 valence electrons. The van der Waals surface area contributed by atoms with Gasteiger partial charge in [0.05, 0.1) is 6.20 Å². The molecule has 0 saturated heterocycles. The molecule has 0 bridgehead atoms. The summed E-state index contributed by atoms with van der Waals surface area (Å²) >= 11 is 0. The lowest BCUT2D eigenvalue weighted by Gasteiger charge is -2.34. The predicted molar refractivity (Wildman–Crippen MR) is 107 cm³/mol. The van der Waals surface area contributed by atoms with Gasteiger partial charge < -0.3 is 10.2 Å². The van der Waals surface area contributed by atoms with Gasteiger partial charge in [-0.2, -0.15) is 5.10 Å². The van der Waals surface area contributed by atoms with E-state index < -0.39 is 0 Å². The Morgan fingerprint density at radius 1 is 1.11 bits per heavy atom. The lowest BCUT2D eigenvalue weighted by atomic mass is 9.86. The van der Waals surface area contributed by atoms with Gasteiger partial charge >= 0.3 is 0 Å². The van der Waals surface area contributed by atoms with Crippen molar-refractivity contribution >= 4 is 17.5 Å². The number of aromatic nitrogens is 2. The highest BCUT2D eigenvalue weighted by Gasteiger charge is 2.30. The standard InChI is InChI=1S/C22H22N4O2/c1-15(27)24-19-9-7-16(8-10-19)22(28)26-13-17-5-3-4-6-20(17)21(14-26)18-11-23-25(2)12-18/h3-12,21H,13-14H2,1-2H3,(H,24,27)/t21-/m0/s1. The minimum Gasteiger partial charge on any atom is -0.333 e. The van der Waals surface area contributed by atoms with E-state index in [0.717, 1.165) is 11.1 Å². The molecule has 0 fully saturated rings. The largest absolute Gasteiger partial charge is 0.333 e. The van der Waals surface area contributed by atoms with Crippen LogP contribution in [0.2, 0.25) is 0 Å². The molecule has 4 rings (SSSR count). The average Bonchev–Trinajstić information content (AvgIpc) is 3.13. The summed E-state index contributed by atoms with van der Waals surface area (Å²) in [7, 11) is 1.90. The van der Waals surface area contributed by atoms with E-state index in [1.807, 2.05) is 36.5 Å². The summed E-state index contributed by atoms with van der Waals surface area (Å²) in [5.74, 6) is -0.0509. The number of benzene rings is 2. The fourth-order valence-corrected chi connectivity index (χ4v) is 3.75. The van der Waals surface area contributed by atoms with Crippen molar-refractivity contribution in [3.63, 3.8) is 0 Å². The molecule has 1 atom stereocenters. The molecule has 0 radical (unpaired) electrons. The van der Waals surface area contributed by atoms with E-state index in [-0.39, 0.29) is 17.7 Å². The first kappa shape index (κ1) is 18.0. The van der Waals surface area contributed by atoms with Gasteiger partial charge in [0, 0.05) is 50.4 Å². The maximum Gasteiger partial charge on any atom is 0.254 e. The molecule has 1 aliphatic rings. The highest BCUT2D eigenvalue weighted by atomic mass is 16.2. The molecule has 1 N–H and O–H groups in total. The quantitative estimate of drug-likeness (QED) is 0.766. The van der Waals surface area contributed by atoms with Crippen LogP contribution in [0.5, 0.6) is 0 Å². The van der Waals surface area contributed by atoms with Crippen molar-refractivity contribution in [1.82, 2.24) is 14.7 Å². The van der Waals surface area contributed by atoms with Crippen LogP contribution in [0.25, 0.3) is 0 Å². The van der Waals surface area contributed by atoms with Crippen LogP contribution in [0.15, 0.2) is 60.9 Å². The SMILES string of the molecule is CC(=O)Nc1ccc(C(=O)N2Cc3ccccc3[C@H](c3cnn(C)c3)C2)cc1. The van der Waals surface area contributed by atoms with Gasteiger partial charge in [0.15, 0.2) is 0 Å². The van der Waals surface area contributed by atoms with E-state index in [0.29, 0.717) is 24.3 Å². The van der Waals surface area contributed by atoms with Crippen molar-refractivity contribution in [2.24, 2.45) is 7.05 Å². The summed E-state index contributed by atoms with van der Waals surface area (Å²) < 4.78 is 1.79. The van der Waals surface area contributed by atoms with E-state index in [4.69, 9.17) is 0 Å². The molecule has 2 amide bonds. The molecule has 0 aliphatic carbocycles. The Morgan fingerprint density at radius 3 is 2.54 bits per heavy atom. The second-order valence-electron chi connectivity index (χ2n) is 7.14. The molecule has 1 aromatic heterocycles. The minimum atomic E-state index is -0.133. The van der Waals surface area contributed by atoms with Crippen LogP contribution in [0.3, 0.4) is 0 Å². The lowest BCUT2D eigenvalue weighted by molar-refractivity contribution is -0.114. The van der Waals surface area contributed by atoms with Crippen LogP contribution in [0, 0.1) is 0 Å². The second-order valence-corrected chi connectivity index (χ2v) is 7.14. The van der Waals surface area contributed by atoms with Crippen molar-refractivity contribution in [3.8, 4) is 0 Å². The normalized spacial score (nSPS) is 15.8. The van der Waals surface area contributed by atoms with Crippen molar-refractivity contribution in [3.05, 3.63) is 83.2 Å². The molecule has 0 saturated carbocycles. The van der Waals surface area contributed by atoms with Crippen LogP contribution >= 0.6 is 0 Å². The third kappa shape index (κ3) is 3.53. The van der Waals surface area contributed by atoms with E-state index in [2.05, 4.69) is 22.5 Å². The molecular weight excluding hydrogens is 352 g/mol. The number of fused-ring (bicyclic) bond motifs is 1. The van der Waals surface area contributed by atoms with Gasteiger partial charge in [0.1, 0.15) is 0 Å². The van der Waals surface area contributed by atoms with E-state index in [1.165, 1.54) is 12.5 Å². The molecule has 0 unspecified atom stereocenters. The molecule has 6 heteroatoms. The Kier molecular flexibility index (Phi) is 4.69. The Morgan fingerprint density at radius 2 is 1.86 bits per heavy atom. The second kappa shape index (κ2) is 7.31. The lowest BCUT2D eigenvalue weighted by Crippen LogP contribution is -2.38. The van der Waals surface area contributed by atoms with E-state index in [9.17, 15) is 9.59 Å². The zero-order valence-electron chi connectivity index (χ0n) is 15.9. The smallest absolute Gasteiger partial charge is 0.254 e. The van der Waals surface area contributed by atoms with Gasteiger partial charge in [-0.3, -0.25) is 14.3 Å². The summed E-state index contributed by atoms with van der Waals surface area (Å²) in [6.45, 7) is 2.65. The number of carbonyl (C=O) groups excluding carboxylic acids is 2. The van der Waals surface area contributed by atoms with Crippen LogP contribution in [-0.2, 0) is 18.4 Å². The number of anilines is 1. The molecule has 2 aromatic carbocycles. The topological polar surface area (TPSA) is 67.2 Å². The number of rotatable bonds is 3. The Hall–Kier alpha value is -3.41. The van der Waals surface area contributed by atoms with Gasteiger partial charge in [0.2, 0.25) is 5.91 Å². The van der Waals surface area contributed by atoms with Crippen LogP contribution < -0.4 is 5.32 Å². The van der Waals surface area contributed by atoms with Crippen LogP contribution in [0.1, 0.15) is 39.9 Å². The minimum absolute atomic E-state index is 0.0160. The molecule has 0 spiro atoms. The highest BCUT2D eigenvalue weighted by Crippen LogP contribution is 2.34.